The Hall–Kier alpha value is -1.30. The molecule has 1 amide bonds. The number of carbonyl (C=O) groups is 1. The van der Waals surface area contributed by atoms with Gasteiger partial charge in [-0.25, -0.2) is 4.79 Å². The molecule has 0 aliphatic carbocycles. The molecule has 4 aliphatic rings. The van der Waals surface area contributed by atoms with Crippen LogP contribution in [-0.2, 0) is 11.2 Å². The molecule has 0 saturated carbocycles. The number of benzene rings is 1. The average molecular weight is 379 g/mol. The van der Waals surface area contributed by atoms with Crippen LogP contribution in [0.1, 0.15) is 25.3 Å². The van der Waals surface area contributed by atoms with E-state index in [-0.39, 0.29) is 24.1 Å². The number of carbonyl (C=O) groups excluding carboxylic acids is 1. The number of halogens is 1. The van der Waals surface area contributed by atoms with Gasteiger partial charge in [-0.2, -0.15) is 0 Å². The molecule has 4 nitrogen and oxygen atoms in total. The summed E-state index contributed by atoms with van der Waals surface area (Å²) >= 11 is 1.78. The Morgan fingerprint density at radius 1 is 1.28 bits per heavy atom. The molecule has 0 unspecified atom stereocenters. The zero-order valence-electron chi connectivity index (χ0n) is 14.4. The molecule has 5 heterocycles. The Balaban J connectivity index is 0.00000157. The molecule has 4 fully saturated rings. The number of aryl methyl sites for hydroxylation is 1. The first-order valence-electron chi connectivity index (χ1n) is 8.91. The van der Waals surface area contributed by atoms with Gasteiger partial charge in [0, 0.05) is 22.8 Å². The number of piperidine rings is 3. The number of hydrogen-bond acceptors (Lipinski definition) is 4. The van der Waals surface area contributed by atoms with Crippen molar-refractivity contribution in [1.29, 1.82) is 0 Å². The molecular formula is C19H23ClN2O2S. The number of rotatable bonds is 2. The first-order valence-corrected chi connectivity index (χ1v) is 9.79. The number of ether oxygens (including phenoxy) is 1. The van der Waals surface area contributed by atoms with Gasteiger partial charge in [-0.05, 0) is 66.9 Å². The molecule has 1 atom stereocenters. The molecule has 4 saturated heterocycles. The van der Waals surface area contributed by atoms with E-state index in [0.717, 1.165) is 44.6 Å². The van der Waals surface area contributed by atoms with Gasteiger partial charge in [0.15, 0.2) is 0 Å². The van der Waals surface area contributed by atoms with E-state index in [9.17, 15) is 4.79 Å². The summed E-state index contributed by atoms with van der Waals surface area (Å²) in [5, 5.41) is 3.51. The van der Waals surface area contributed by atoms with E-state index in [1.54, 1.807) is 11.3 Å². The quantitative estimate of drug-likeness (QED) is 0.780. The number of thiophene rings is 1. The fraction of sp³-hybridized carbons (Fsp3) is 0.526. The molecule has 25 heavy (non-hydrogen) atoms. The van der Waals surface area contributed by atoms with Gasteiger partial charge in [-0.3, -0.25) is 9.80 Å². The minimum Gasteiger partial charge on any atom is -0.439 e. The maximum atomic E-state index is 12.6. The molecule has 4 aliphatic heterocycles. The van der Waals surface area contributed by atoms with Gasteiger partial charge in [0.1, 0.15) is 5.60 Å². The smallest absolute Gasteiger partial charge is 0.415 e. The minimum absolute atomic E-state index is 0. The summed E-state index contributed by atoms with van der Waals surface area (Å²) in [5.41, 5.74) is 2.06. The number of fused-ring (bicyclic) bond motifs is 3. The van der Waals surface area contributed by atoms with Crippen LogP contribution in [-0.4, -0.2) is 42.8 Å². The van der Waals surface area contributed by atoms with Crippen molar-refractivity contribution in [3.05, 3.63) is 29.1 Å². The Bertz CT molecular complexity index is 815. The highest BCUT2D eigenvalue weighted by atomic mass is 35.5. The van der Waals surface area contributed by atoms with E-state index in [2.05, 4.69) is 35.4 Å². The molecule has 2 bridgehead atoms. The molecule has 134 valence electrons. The third-order valence-electron chi connectivity index (χ3n) is 6.09. The monoisotopic (exact) mass is 378 g/mol. The fourth-order valence-electron chi connectivity index (χ4n) is 4.72. The van der Waals surface area contributed by atoms with Gasteiger partial charge in [0.05, 0.1) is 6.54 Å². The van der Waals surface area contributed by atoms with E-state index in [1.807, 2.05) is 4.90 Å². The van der Waals surface area contributed by atoms with E-state index < -0.39 is 0 Å². The molecular weight excluding hydrogens is 356 g/mol. The van der Waals surface area contributed by atoms with Crippen LogP contribution >= 0.6 is 23.7 Å². The standard InChI is InChI=1S/C19H22N2O2S.ClH/c1-2-13-10-24-17-4-3-15(9-16(13)17)21-12-19(23-18(21)22)11-20-7-5-14(19)6-8-20;/h3-4,9-10,14H,2,5-8,11-12H2,1H3;1H/t19-;/m1./s1. The molecule has 6 rings (SSSR count). The van der Waals surface area contributed by atoms with Crippen molar-refractivity contribution >= 4 is 45.6 Å². The van der Waals surface area contributed by atoms with Crippen LogP contribution in [0.2, 0.25) is 0 Å². The lowest BCUT2D eigenvalue weighted by molar-refractivity contribution is -0.0881. The van der Waals surface area contributed by atoms with Gasteiger partial charge < -0.3 is 4.74 Å². The summed E-state index contributed by atoms with van der Waals surface area (Å²) in [5.74, 6) is 0.521. The maximum absolute atomic E-state index is 12.6. The van der Waals surface area contributed by atoms with Crippen molar-refractivity contribution < 1.29 is 9.53 Å². The number of nitrogens with zero attached hydrogens (tertiary/aromatic N) is 2. The highest BCUT2D eigenvalue weighted by Crippen LogP contribution is 2.43. The molecule has 0 radical (unpaired) electrons. The van der Waals surface area contributed by atoms with Gasteiger partial charge in [0.25, 0.3) is 0 Å². The molecule has 1 aromatic carbocycles. The van der Waals surface area contributed by atoms with Crippen molar-refractivity contribution in [3.8, 4) is 0 Å². The number of anilines is 1. The van der Waals surface area contributed by atoms with E-state index in [1.165, 1.54) is 15.6 Å². The zero-order chi connectivity index (χ0) is 16.3. The van der Waals surface area contributed by atoms with Crippen LogP contribution < -0.4 is 4.90 Å². The second kappa shape index (κ2) is 6.15. The van der Waals surface area contributed by atoms with Crippen molar-refractivity contribution in [3.63, 3.8) is 0 Å². The predicted octanol–water partition coefficient (Wildman–Crippen LogP) is 4.31. The lowest BCUT2D eigenvalue weighted by atomic mass is 9.75. The van der Waals surface area contributed by atoms with Crippen molar-refractivity contribution in [2.45, 2.75) is 31.8 Å². The third kappa shape index (κ3) is 2.56. The summed E-state index contributed by atoms with van der Waals surface area (Å²) in [6.45, 7) is 6.10. The predicted molar refractivity (Wildman–Crippen MR) is 104 cm³/mol. The van der Waals surface area contributed by atoms with Crippen molar-refractivity contribution in [1.82, 2.24) is 4.90 Å². The largest absolute Gasteiger partial charge is 0.439 e. The second-order valence-corrected chi connectivity index (χ2v) is 8.28. The third-order valence-corrected chi connectivity index (χ3v) is 7.10. The Kier molecular flexibility index (Phi) is 4.21. The van der Waals surface area contributed by atoms with E-state index >= 15 is 0 Å². The summed E-state index contributed by atoms with van der Waals surface area (Å²) < 4.78 is 7.28. The summed E-state index contributed by atoms with van der Waals surface area (Å²) in [6.07, 6.45) is 3.17. The summed E-state index contributed by atoms with van der Waals surface area (Å²) in [4.78, 5) is 17.0. The summed E-state index contributed by atoms with van der Waals surface area (Å²) in [6, 6.07) is 6.38. The first-order chi connectivity index (χ1) is 11.7. The number of hydrogen-bond donors (Lipinski definition) is 0. The normalized spacial score (nSPS) is 30.8. The fourth-order valence-corrected chi connectivity index (χ4v) is 5.75. The highest BCUT2D eigenvalue weighted by molar-refractivity contribution is 7.17. The zero-order valence-corrected chi connectivity index (χ0v) is 16.0. The van der Waals surface area contributed by atoms with Crippen molar-refractivity contribution in [2.24, 2.45) is 5.92 Å². The average Bonchev–Trinajstić information content (AvgIpc) is 3.16. The van der Waals surface area contributed by atoms with Gasteiger partial charge in [0.2, 0.25) is 0 Å². The lowest BCUT2D eigenvalue weighted by Crippen LogP contribution is -2.61. The van der Waals surface area contributed by atoms with Gasteiger partial charge >= 0.3 is 6.09 Å². The molecule has 6 heteroatoms. The topological polar surface area (TPSA) is 32.8 Å². The van der Waals surface area contributed by atoms with Gasteiger partial charge in [-0.15, -0.1) is 23.7 Å². The first kappa shape index (κ1) is 17.1. The number of amides is 1. The van der Waals surface area contributed by atoms with Gasteiger partial charge in [-0.1, -0.05) is 6.92 Å². The molecule has 1 spiro atoms. The summed E-state index contributed by atoms with van der Waals surface area (Å²) in [7, 11) is 0. The van der Waals surface area contributed by atoms with Crippen LogP contribution in [0.5, 0.6) is 0 Å². The molecule has 1 aromatic heterocycles. The second-order valence-electron chi connectivity index (χ2n) is 7.36. The Morgan fingerprint density at radius 3 is 2.76 bits per heavy atom. The van der Waals surface area contributed by atoms with Crippen molar-refractivity contribution in [2.75, 3.05) is 31.1 Å². The van der Waals surface area contributed by atoms with Crippen LogP contribution in [0, 0.1) is 5.92 Å². The Labute approximate surface area is 158 Å². The Morgan fingerprint density at radius 2 is 2.08 bits per heavy atom. The lowest BCUT2D eigenvalue weighted by Gasteiger charge is -2.49. The highest BCUT2D eigenvalue weighted by Gasteiger charge is 2.55. The van der Waals surface area contributed by atoms with Crippen LogP contribution in [0.4, 0.5) is 10.5 Å². The van der Waals surface area contributed by atoms with E-state index in [4.69, 9.17) is 4.74 Å². The SMILES string of the molecule is CCc1csc2ccc(N3C[C@@]4(CN5CCC4CC5)OC3=O)cc12.Cl. The minimum atomic E-state index is -0.287. The molecule has 0 N–H and O–H groups in total. The molecule has 2 aromatic rings. The van der Waals surface area contributed by atoms with E-state index in [0.29, 0.717) is 12.5 Å². The van der Waals surface area contributed by atoms with Crippen LogP contribution in [0.15, 0.2) is 23.6 Å². The van der Waals surface area contributed by atoms with Crippen LogP contribution in [0.25, 0.3) is 10.1 Å². The maximum Gasteiger partial charge on any atom is 0.415 e. The van der Waals surface area contributed by atoms with Crippen LogP contribution in [0.3, 0.4) is 0 Å².